The van der Waals surface area contributed by atoms with E-state index in [1.54, 1.807) is 6.20 Å². The van der Waals surface area contributed by atoms with Crippen molar-refractivity contribution in [1.29, 1.82) is 0 Å². The van der Waals surface area contributed by atoms with Crippen molar-refractivity contribution in [2.75, 3.05) is 19.1 Å². The first-order valence-electron chi connectivity index (χ1n) is 7.63. The molecule has 0 radical (unpaired) electrons. The smallest absolute Gasteiger partial charge is 0.310 e. The van der Waals surface area contributed by atoms with Gasteiger partial charge in [0.2, 0.25) is 0 Å². The first-order valence-corrected chi connectivity index (χ1v) is 7.63. The van der Waals surface area contributed by atoms with Crippen LogP contribution in [0.5, 0.6) is 0 Å². The minimum Gasteiger partial charge on any atom is -0.469 e. The van der Waals surface area contributed by atoms with Crippen molar-refractivity contribution in [2.45, 2.75) is 45.4 Å². The van der Waals surface area contributed by atoms with Gasteiger partial charge in [-0.1, -0.05) is 19.3 Å². The Morgan fingerprint density at radius 2 is 2.10 bits per heavy atom. The van der Waals surface area contributed by atoms with Gasteiger partial charge in [-0.3, -0.25) is 9.59 Å². The van der Waals surface area contributed by atoms with Crippen molar-refractivity contribution < 1.29 is 9.53 Å². The van der Waals surface area contributed by atoms with Gasteiger partial charge in [0.1, 0.15) is 0 Å². The number of ether oxygens (including phenoxy) is 1. The van der Waals surface area contributed by atoms with E-state index in [9.17, 15) is 9.59 Å². The van der Waals surface area contributed by atoms with Crippen LogP contribution >= 0.6 is 0 Å². The number of aryl methyl sites for hydroxylation is 1. The van der Waals surface area contributed by atoms with E-state index in [0.29, 0.717) is 11.5 Å². The van der Waals surface area contributed by atoms with Crippen molar-refractivity contribution in [3.63, 3.8) is 0 Å². The Morgan fingerprint density at radius 1 is 1.38 bits per heavy atom. The number of pyridine rings is 1. The highest BCUT2D eigenvalue weighted by molar-refractivity contribution is 5.72. The van der Waals surface area contributed by atoms with Crippen LogP contribution in [0.1, 0.15) is 43.2 Å². The van der Waals surface area contributed by atoms with Crippen LogP contribution in [0.25, 0.3) is 0 Å². The molecule has 0 amide bonds. The molecule has 1 aromatic heterocycles. The molecule has 1 N–H and O–H groups in total. The number of nitrogens with one attached hydrogen (secondary N) is 1. The van der Waals surface area contributed by atoms with E-state index in [1.165, 1.54) is 43.9 Å². The largest absolute Gasteiger partial charge is 0.469 e. The maximum Gasteiger partial charge on any atom is 0.310 e. The maximum atomic E-state index is 12.4. The third kappa shape index (κ3) is 4.09. The van der Waals surface area contributed by atoms with Crippen LogP contribution < -0.4 is 11.0 Å². The molecular formula is C16H24N2O3. The molecule has 0 atom stereocenters. The first-order chi connectivity index (χ1) is 10.1. The fourth-order valence-electron chi connectivity index (χ4n) is 2.84. The van der Waals surface area contributed by atoms with Crippen LogP contribution in [-0.2, 0) is 16.0 Å². The minimum atomic E-state index is -0.389. The second-order valence-electron chi connectivity index (χ2n) is 5.77. The number of esters is 1. The Morgan fingerprint density at radius 3 is 2.76 bits per heavy atom. The van der Waals surface area contributed by atoms with Gasteiger partial charge in [0.15, 0.2) is 0 Å². The molecule has 0 saturated heterocycles. The van der Waals surface area contributed by atoms with Gasteiger partial charge in [0.25, 0.3) is 5.56 Å². The normalized spacial score (nSPS) is 15.7. The number of hydrogen-bond acceptors (Lipinski definition) is 4. The number of carbonyl (C=O) groups excluding carboxylic acids is 1. The molecule has 1 aromatic rings. The van der Waals surface area contributed by atoms with Gasteiger partial charge < -0.3 is 10.2 Å². The summed E-state index contributed by atoms with van der Waals surface area (Å²) >= 11 is 0. The molecule has 0 bridgehead atoms. The Bertz CT molecular complexity index is 545. The van der Waals surface area contributed by atoms with Gasteiger partial charge in [-0.25, -0.2) is 4.68 Å². The maximum absolute atomic E-state index is 12.4. The Hall–Kier alpha value is -1.78. The molecule has 2 rings (SSSR count). The zero-order chi connectivity index (χ0) is 15.2. The lowest BCUT2D eigenvalue weighted by Gasteiger charge is -2.23. The highest BCUT2D eigenvalue weighted by Gasteiger charge is 2.15. The van der Waals surface area contributed by atoms with Crippen molar-refractivity contribution in [2.24, 2.45) is 5.92 Å². The number of carbonyl (C=O) groups is 1. The highest BCUT2D eigenvalue weighted by atomic mass is 16.5. The minimum absolute atomic E-state index is 0.0209. The molecule has 0 aliphatic heterocycles. The molecule has 0 spiro atoms. The van der Waals surface area contributed by atoms with E-state index in [0.717, 1.165) is 12.1 Å². The molecule has 0 aromatic carbocycles. The van der Waals surface area contributed by atoms with Crippen molar-refractivity contribution in [3.05, 3.63) is 33.7 Å². The average Bonchev–Trinajstić information content (AvgIpc) is 2.51. The molecule has 5 nitrogen and oxygen atoms in total. The van der Waals surface area contributed by atoms with Crippen LogP contribution in [0.4, 0.5) is 0 Å². The van der Waals surface area contributed by atoms with Gasteiger partial charge >= 0.3 is 5.97 Å². The summed E-state index contributed by atoms with van der Waals surface area (Å²) in [7, 11) is 1.33. The number of hydrogen-bond donors (Lipinski definition) is 1. The highest BCUT2D eigenvalue weighted by Crippen LogP contribution is 2.22. The SMILES string of the molecule is COC(=O)Cc1c(C)ccn(NCC2CCCCC2)c1=O. The van der Waals surface area contributed by atoms with Crippen LogP contribution in [0.15, 0.2) is 17.1 Å². The fraction of sp³-hybridized carbons (Fsp3) is 0.625. The van der Waals surface area contributed by atoms with E-state index in [-0.39, 0.29) is 17.9 Å². The van der Waals surface area contributed by atoms with Crippen LogP contribution in [0.3, 0.4) is 0 Å². The number of nitrogens with zero attached hydrogens (tertiary/aromatic N) is 1. The molecule has 1 aliphatic rings. The van der Waals surface area contributed by atoms with E-state index in [1.807, 2.05) is 13.0 Å². The van der Waals surface area contributed by atoms with E-state index < -0.39 is 0 Å². The summed E-state index contributed by atoms with van der Waals surface area (Å²) in [6.45, 7) is 2.64. The van der Waals surface area contributed by atoms with Crippen molar-refractivity contribution in [1.82, 2.24) is 4.68 Å². The predicted octanol–water partition coefficient (Wildman–Crippen LogP) is 2.00. The lowest BCUT2D eigenvalue weighted by molar-refractivity contribution is -0.139. The van der Waals surface area contributed by atoms with Gasteiger partial charge in [-0.15, -0.1) is 0 Å². The second-order valence-corrected chi connectivity index (χ2v) is 5.77. The molecule has 1 fully saturated rings. The number of rotatable bonds is 5. The van der Waals surface area contributed by atoms with Crippen molar-refractivity contribution in [3.8, 4) is 0 Å². The zero-order valence-electron chi connectivity index (χ0n) is 12.9. The monoisotopic (exact) mass is 292 g/mol. The van der Waals surface area contributed by atoms with E-state index in [2.05, 4.69) is 10.2 Å². The van der Waals surface area contributed by atoms with E-state index in [4.69, 9.17) is 0 Å². The molecule has 1 aliphatic carbocycles. The van der Waals surface area contributed by atoms with Gasteiger partial charge in [0, 0.05) is 18.3 Å². The molecule has 1 saturated carbocycles. The topological polar surface area (TPSA) is 60.3 Å². The van der Waals surface area contributed by atoms with E-state index >= 15 is 0 Å². The molecule has 5 heteroatoms. The Labute approximate surface area is 125 Å². The summed E-state index contributed by atoms with van der Waals surface area (Å²) in [4.78, 5) is 23.8. The first kappa shape index (κ1) is 15.6. The summed E-state index contributed by atoms with van der Waals surface area (Å²) < 4.78 is 6.15. The second kappa shape index (κ2) is 7.29. The summed E-state index contributed by atoms with van der Waals surface area (Å²) in [5, 5.41) is 0. The fourth-order valence-corrected chi connectivity index (χ4v) is 2.84. The molecule has 116 valence electrons. The summed E-state index contributed by atoms with van der Waals surface area (Å²) in [5.41, 5.74) is 4.36. The molecule has 21 heavy (non-hydrogen) atoms. The lowest BCUT2D eigenvalue weighted by Crippen LogP contribution is -2.35. The van der Waals surface area contributed by atoms with Crippen LogP contribution in [-0.4, -0.2) is 24.3 Å². The molecule has 0 unspecified atom stereocenters. The Kier molecular flexibility index (Phi) is 5.42. The summed E-state index contributed by atoms with van der Waals surface area (Å²) in [5.74, 6) is 0.247. The number of aromatic nitrogens is 1. The van der Waals surface area contributed by atoms with Gasteiger partial charge in [0.05, 0.1) is 13.5 Å². The lowest BCUT2D eigenvalue weighted by atomic mass is 9.89. The third-order valence-electron chi connectivity index (χ3n) is 4.25. The quantitative estimate of drug-likeness (QED) is 0.843. The predicted molar refractivity (Wildman–Crippen MR) is 82.0 cm³/mol. The zero-order valence-corrected chi connectivity index (χ0v) is 12.9. The van der Waals surface area contributed by atoms with Crippen molar-refractivity contribution >= 4 is 5.97 Å². The third-order valence-corrected chi connectivity index (χ3v) is 4.25. The van der Waals surface area contributed by atoms with Crippen LogP contribution in [0.2, 0.25) is 0 Å². The summed E-state index contributed by atoms with van der Waals surface area (Å²) in [6.07, 6.45) is 8.09. The molecular weight excluding hydrogens is 268 g/mol. The summed E-state index contributed by atoms with van der Waals surface area (Å²) in [6, 6.07) is 1.85. The Balaban J connectivity index is 2.07. The molecule has 1 heterocycles. The van der Waals surface area contributed by atoms with Gasteiger partial charge in [-0.05, 0) is 37.3 Å². The average molecular weight is 292 g/mol. The standard InChI is InChI=1S/C16H24N2O3/c1-12-8-9-18(16(20)14(12)10-15(19)21-2)17-11-13-6-4-3-5-7-13/h8-9,13,17H,3-7,10-11H2,1-2H3. The van der Waals surface area contributed by atoms with Crippen LogP contribution in [0, 0.1) is 12.8 Å². The number of methoxy groups -OCH3 is 1. The van der Waals surface area contributed by atoms with Gasteiger partial charge in [-0.2, -0.15) is 0 Å².